The van der Waals surface area contributed by atoms with Crippen LogP contribution < -0.4 is 24.8 Å². The quantitative estimate of drug-likeness (QED) is 0.367. The van der Waals surface area contributed by atoms with E-state index in [2.05, 4.69) is 12.2 Å². The first kappa shape index (κ1) is 25.7. The number of nitrogens with one attached hydrogen (secondary N) is 1. The molecule has 1 N–H and O–H groups in total. The molecule has 0 amide bonds. The molecule has 1 aromatic rings. The van der Waals surface area contributed by atoms with Crippen LogP contribution in [0.4, 0.5) is 0 Å². The van der Waals surface area contributed by atoms with Crippen molar-refractivity contribution >= 4 is 23.4 Å². The van der Waals surface area contributed by atoms with E-state index in [9.17, 15) is 0 Å². The van der Waals surface area contributed by atoms with Crippen molar-refractivity contribution in [1.29, 1.82) is 0 Å². The van der Waals surface area contributed by atoms with Gasteiger partial charge in [0.05, 0.1) is 0 Å². The minimum atomic E-state index is -0.273. The third-order valence-electron chi connectivity index (χ3n) is 1.21. The molecule has 0 fully saturated rings. The van der Waals surface area contributed by atoms with Gasteiger partial charge in [0.25, 0.3) is 0 Å². The maximum Gasteiger partial charge on any atom is 4.00 e. The largest absolute Gasteiger partial charge is 4.00 e. The molecule has 0 aliphatic carbocycles. The van der Waals surface area contributed by atoms with Crippen molar-refractivity contribution in [2.75, 3.05) is 0 Å². The second-order valence-electron chi connectivity index (χ2n) is 3.91. The van der Waals surface area contributed by atoms with Gasteiger partial charge in [-0.3, -0.25) is 0 Å². The molecule has 90 valence electrons. The summed E-state index contributed by atoms with van der Waals surface area (Å²) in [4.78, 5) is 0. The van der Waals surface area contributed by atoms with Crippen LogP contribution in [0.3, 0.4) is 0 Å². The van der Waals surface area contributed by atoms with Crippen molar-refractivity contribution in [2.24, 2.45) is 0 Å². The second-order valence-corrected chi connectivity index (χ2v) is 11.1. The minimum Gasteiger partial charge on any atom is -1.00 e. The Balaban J connectivity index is -0.0000000798. The Morgan fingerprint density at radius 1 is 1.25 bits per heavy atom. The smallest absolute Gasteiger partial charge is 1.00 e. The van der Waals surface area contributed by atoms with Crippen molar-refractivity contribution in [3.05, 3.63) is 36.1 Å². The van der Waals surface area contributed by atoms with Crippen LogP contribution in [-0.4, -0.2) is 28.9 Å². The third kappa shape index (κ3) is 24.2. The van der Waals surface area contributed by atoms with Gasteiger partial charge in [-0.05, 0) is 7.93 Å². The van der Waals surface area contributed by atoms with E-state index in [1.165, 1.54) is 9.76 Å². The van der Waals surface area contributed by atoms with Crippen LogP contribution in [0.1, 0.15) is 13.8 Å². The predicted molar refractivity (Wildman–Crippen MR) is 68.1 cm³/mol. The number of rotatable bonds is 1. The van der Waals surface area contributed by atoms with Gasteiger partial charge in [-0.25, -0.2) is 12.1 Å². The molecule has 0 bridgehead atoms. The van der Waals surface area contributed by atoms with Gasteiger partial charge in [-0.1, -0.05) is 20.4 Å². The topological polar surface area (TPSA) is 23.8 Å². The minimum absolute atomic E-state index is 0. The molecular weight excluding hydrogens is 309 g/mol. The van der Waals surface area contributed by atoms with Crippen LogP contribution >= 0.6 is 0 Å². The molecule has 1 aromatic carbocycles. The summed E-state index contributed by atoms with van der Waals surface area (Å²) in [6, 6.07) is 10.0. The molecule has 0 unspecified atom stereocenters. The van der Waals surface area contributed by atoms with Crippen molar-refractivity contribution in [1.82, 2.24) is 0 Å². The summed E-state index contributed by atoms with van der Waals surface area (Å²) < 4.78 is 0. The summed E-state index contributed by atoms with van der Waals surface area (Å²) >= 11 is 0. The van der Waals surface area contributed by atoms with Gasteiger partial charge in [-0.15, -0.1) is 11.2 Å². The molecular formula is C10H19Cl2NSi2Ti. The molecule has 0 atom stereocenters. The molecule has 6 heteroatoms. The predicted octanol–water partition coefficient (Wildman–Crippen LogP) is -4.40. The number of hydrogen-bond donors (Lipinski definition) is 0. The van der Waals surface area contributed by atoms with E-state index in [0.29, 0.717) is 0 Å². The van der Waals surface area contributed by atoms with Gasteiger partial charge in [0, 0.05) is 9.76 Å². The standard InChI is InChI=1S/C5H14NSi2.C5H5.2ClH.Ti/c1-5(2,6)4-8(3)7;1-2-4-5-3-1;;;/h4,6H,1-3,7H3;1-5H;2*1H;/q2*-1;;;+4/p-2. The maximum atomic E-state index is 7.45. The van der Waals surface area contributed by atoms with Gasteiger partial charge in [0.2, 0.25) is 0 Å². The van der Waals surface area contributed by atoms with Gasteiger partial charge in [0.1, 0.15) is 0 Å². The first-order valence-corrected chi connectivity index (χ1v) is 10.1. The fourth-order valence-corrected chi connectivity index (χ4v) is 4.65. The summed E-state index contributed by atoms with van der Waals surface area (Å²) in [7, 11) is 1.11. The van der Waals surface area contributed by atoms with Crippen LogP contribution in [0.5, 0.6) is 0 Å². The fourth-order valence-electron chi connectivity index (χ4n) is 1.04. The Morgan fingerprint density at radius 2 is 1.62 bits per heavy atom. The molecule has 0 saturated carbocycles. The number of halogens is 2. The van der Waals surface area contributed by atoms with Crippen molar-refractivity contribution in [3.8, 4) is 0 Å². The van der Waals surface area contributed by atoms with E-state index in [1.54, 1.807) is 0 Å². The Bertz CT molecular complexity index is 225. The molecule has 0 aliphatic heterocycles. The van der Waals surface area contributed by atoms with Gasteiger partial charge in [-0.2, -0.15) is 18.2 Å². The average molecular weight is 328 g/mol. The zero-order chi connectivity index (χ0) is 10.3. The average Bonchev–Trinajstić information content (AvgIpc) is 2.33. The van der Waals surface area contributed by atoms with Gasteiger partial charge in [0.15, 0.2) is 0 Å². The van der Waals surface area contributed by atoms with E-state index >= 15 is 0 Å². The van der Waals surface area contributed by atoms with E-state index in [1.807, 2.05) is 44.2 Å². The summed E-state index contributed by atoms with van der Waals surface area (Å²) in [5, 5.41) is 0. The molecule has 0 aromatic heterocycles. The normalized spacial score (nSPS) is 9.88. The summed E-state index contributed by atoms with van der Waals surface area (Å²) in [6.45, 7) is 6.14. The van der Waals surface area contributed by atoms with Crippen LogP contribution in [-0.2, 0) is 21.7 Å². The van der Waals surface area contributed by atoms with E-state index < -0.39 is 0 Å². The van der Waals surface area contributed by atoms with Crippen molar-refractivity contribution in [2.45, 2.75) is 25.9 Å². The Hall–Kier alpha value is 0.908. The van der Waals surface area contributed by atoms with Crippen molar-refractivity contribution in [3.63, 3.8) is 0 Å². The molecule has 1 rings (SSSR count). The molecule has 16 heavy (non-hydrogen) atoms. The molecule has 0 saturated heterocycles. The molecule has 1 nitrogen and oxygen atoms in total. The SMILES string of the molecule is C[Si]([SiH3])=CC(C)(C)[NH-].[Cl-].[Cl-].[Ti+4].c1cc[cH-]c1. The zero-order valence-electron chi connectivity index (χ0n) is 10.2. The Kier molecular flexibility index (Phi) is 22.4. The first-order chi connectivity index (χ1) is 5.92. The van der Waals surface area contributed by atoms with Crippen LogP contribution in [0.25, 0.3) is 5.73 Å². The van der Waals surface area contributed by atoms with E-state index in [0.717, 1.165) is 0 Å². The van der Waals surface area contributed by atoms with Gasteiger partial charge < -0.3 is 30.5 Å². The molecule has 0 radical (unpaired) electrons. The van der Waals surface area contributed by atoms with Crippen LogP contribution in [0, 0.1) is 0 Å². The molecule has 0 heterocycles. The Labute approximate surface area is 131 Å². The maximum absolute atomic E-state index is 7.45. The monoisotopic (exact) mass is 327 g/mol. The number of hydrogen-bond acceptors (Lipinski definition) is 0. The Morgan fingerprint density at radius 3 is 1.69 bits per heavy atom. The third-order valence-corrected chi connectivity index (χ3v) is 3.37. The summed E-state index contributed by atoms with van der Waals surface area (Å²) in [5.41, 5.74) is 9.37. The second kappa shape index (κ2) is 14.0. The molecule has 0 spiro atoms. The van der Waals surface area contributed by atoms with E-state index in [-0.39, 0.29) is 60.0 Å². The van der Waals surface area contributed by atoms with Gasteiger partial charge >= 0.3 is 21.7 Å². The zero-order valence-corrected chi connectivity index (χ0v) is 16.3. The van der Waals surface area contributed by atoms with Crippen molar-refractivity contribution < 1.29 is 46.5 Å². The summed E-state index contributed by atoms with van der Waals surface area (Å²) in [5.74, 6) is 0. The summed E-state index contributed by atoms with van der Waals surface area (Å²) in [6.07, 6.45) is 0. The fraction of sp³-hybridized carbons (Fsp3) is 0.400. The first-order valence-electron chi connectivity index (χ1n) is 4.49. The van der Waals surface area contributed by atoms with E-state index in [4.69, 9.17) is 5.73 Å². The van der Waals surface area contributed by atoms with Crippen LogP contribution in [0.15, 0.2) is 30.3 Å². The molecule has 0 aliphatic rings. The van der Waals surface area contributed by atoms with Crippen LogP contribution in [0.2, 0.25) is 6.55 Å².